The minimum Gasteiger partial charge on any atom is -0.457 e. The SMILES string of the molecule is C[C@]12C=CC=CC1C(c1nc(-c3ccccc3)nc(-c3ccc4c(c3)C3(c5ccccc5O4)c4ccccc4-c4ccccc43)n1)=CC=C2. The van der Waals surface area contributed by atoms with Crippen molar-refractivity contribution in [1.29, 1.82) is 0 Å². The molecule has 0 fully saturated rings. The Morgan fingerprint density at radius 3 is 1.92 bits per heavy atom. The molecule has 3 aliphatic carbocycles. The first kappa shape index (κ1) is 27.9. The first-order chi connectivity index (χ1) is 24.1. The van der Waals surface area contributed by atoms with Crippen LogP contribution in [-0.2, 0) is 5.41 Å². The second kappa shape index (κ2) is 10.4. The van der Waals surface area contributed by atoms with Crippen molar-refractivity contribution in [3.05, 3.63) is 192 Å². The zero-order chi connectivity index (χ0) is 32.6. The number of nitrogens with zero attached hydrogens (tertiary/aromatic N) is 3. The summed E-state index contributed by atoms with van der Waals surface area (Å²) in [5.41, 5.74) is 9.44. The number of rotatable bonds is 3. The highest BCUT2D eigenvalue weighted by molar-refractivity contribution is 5.89. The molecule has 0 bridgehead atoms. The predicted octanol–water partition coefficient (Wildman–Crippen LogP) is 10.4. The molecule has 4 heteroatoms. The van der Waals surface area contributed by atoms with Crippen LogP contribution in [0.15, 0.2) is 164 Å². The van der Waals surface area contributed by atoms with Crippen molar-refractivity contribution in [3.8, 4) is 45.4 Å². The Labute approximate surface area is 285 Å². The molecule has 6 aromatic rings. The molecule has 4 nitrogen and oxygen atoms in total. The topological polar surface area (TPSA) is 47.9 Å². The zero-order valence-electron chi connectivity index (χ0n) is 26.9. The Morgan fingerprint density at radius 2 is 1.14 bits per heavy atom. The van der Waals surface area contributed by atoms with E-state index in [0.717, 1.165) is 39.3 Å². The predicted molar refractivity (Wildman–Crippen MR) is 195 cm³/mol. The molecule has 49 heavy (non-hydrogen) atoms. The summed E-state index contributed by atoms with van der Waals surface area (Å²) >= 11 is 0. The number of benzene rings is 5. The number of ether oxygens (including phenoxy) is 1. The van der Waals surface area contributed by atoms with Gasteiger partial charge in [0.25, 0.3) is 0 Å². The van der Waals surface area contributed by atoms with Crippen LogP contribution in [0.1, 0.15) is 35.0 Å². The molecule has 0 saturated heterocycles. The van der Waals surface area contributed by atoms with E-state index in [1.165, 1.54) is 22.3 Å². The van der Waals surface area contributed by atoms with Crippen LogP contribution in [0.25, 0.3) is 39.5 Å². The highest BCUT2D eigenvalue weighted by Crippen LogP contribution is 2.62. The lowest BCUT2D eigenvalue weighted by Crippen LogP contribution is -2.32. The summed E-state index contributed by atoms with van der Waals surface area (Å²) in [6.07, 6.45) is 15.3. The van der Waals surface area contributed by atoms with E-state index in [0.29, 0.717) is 17.5 Å². The van der Waals surface area contributed by atoms with Gasteiger partial charge in [-0.05, 0) is 46.5 Å². The molecule has 232 valence electrons. The molecule has 1 aliphatic heterocycles. The summed E-state index contributed by atoms with van der Waals surface area (Å²) in [5.74, 6) is 3.80. The van der Waals surface area contributed by atoms with Gasteiger partial charge in [0.2, 0.25) is 0 Å². The minimum atomic E-state index is -0.566. The Bertz CT molecular complexity index is 2410. The van der Waals surface area contributed by atoms with Crippen LogP contribution in [0.3, 0.4) is 0 Å². The number of hydrogen-bond acceptors (Lipinski definition) is 4. The van der Waals surface area contributed by atoms with Crippen molar-refractivity contribution in [2.24, 2.45) is 11.3 Å². The van der Waals surface area contributed by atoms with Crippen molar-refractivity contribution >= 4 is 5.57 Å². The lowest BCUT2D eigenvalue weighted by atomic mass is 9.66. The standard InChI is InChI=1S/C45H31N3O/c1-44-26-12-11-19-34(44)33(18-13-27-44)43-47-41(29-14-3-2-4-15-29)46-42(48-43)30-24-25-40-38(28-30)45(37-22-9-10-23-39(37)49-40)35-20-7-5-16-31(35)32-17-6-8-21-36(32)45/h2-28,34H,1H3/t34?,44-/m1/s1. The van der Waals surface area contributed by atoms with Gasteiger partial charge in [0.1, 0.15) is 11.5 Å². The smallest absolute Gasteiger partial charge is 0.164 e. The van der Waals surface area contributed by atoms with E-state index >= 15 is 0 Å². The fourth-order valence-corrected chi connectivity index (χ4v) is 8.37. The Morgan fingerprint density at radius 1 is 0.531 bits per heavy atom. The summed E-state index contributed by atoms with van der Waals surface area (Å²) in [7, 11) is 0. The third-order valence-corrected chi connectivity index (χ3v) is 10.6. The third-order valence-electron chi connectivity index (χ3n) is 10.6. The van der Waals surface area contributed by atoms with Crippen molar-refractivity contribution in [1.82, 2.24) is 15.0 Å². The highest BCUT2D eigenvalue weighted by atomic mass is 16.5. The Kier molecular flexibility index (Phi) is 5.95. The number of allylic oxidation sites excluding steroid dienone is 8. The van der Waals surface area contributed by atoms with Crippen LogP contribution < -0.4 is 4.74 Å². The van der Waals surface area contributed by atoms with Gasteiger partial charge in [-0.2, -0.15) is 0 Å². The fraction of sp³-hybridized carbons (Fsp3) is 0.0889. The van der Waals surface area contributed by atoms with Crippen molar-refractivity contribution < 1.29 is 4.74 Å². The van der Waals surface area contributed by atoms with E-state index in [4.69, 9.17) is 19.7 Å². The van der Waals surface area contributed by atoms with E-state index in [2.05, 4.69) is 147 Å². The summed E-state index contributed by atoms with van der Waals surface area (Å²) in [6.45, 7) is 2.26. The third kappa shape index (κ3) is 4.01. The van der Waals surface area contributed by atoms with Gasteiger partial charge in [-0.15, -0.1) is 0 Å². The van der Waals surface area contributed by atoms with E-state index in [9.17, 15) is 0 Å². The average Bonchev–Trinajstić information content (AvgIpc) is 3.45. The van der Waals surface area contributed by atoms with E-state index in [1.54, 1.807) is 0 Å². The first-order valence-corrected chi connectivity index (χ1v) is 16.8. The monoisotopic (exact) mass is 629 g/mol. The molecule has 1 spiro atoms. The number of fused-ring (bicyclic) bond motifs is 10. The Balaban J connectivity index is 1.22. The van der Waals surface area contributed by atoms with Gasteiger partial charge >= 0.3 is 0 Å². The van der Waals surface area contributed by atoms with Crippen LogP contribution in [-0.4, -0.2) is 15.0 Å². The summed E-state index contributed by atoms with van der Waals surface area (Å²) in [6, 6.07) is 42.7. The summed E-state index contributed by atoms with van der Waals surface area (Å²) in [5, 5.41) is 0. The van der Waals surface area contributed by atoms with E-state index in [1.807, 2.05) is 24.3 Å². The average molecular weight is 630 g/mol. The van der Waals surface area contributed by atoms with Crippen LogP contribution in [0.2, 0.25) is 0 Å². The van der Waals surface area contributed by atoms with Gasteiger partial charge in [-0.3, -0.25) is 0 Å². The minimum absolute atomic E-state index is 0.115. The molecule has 0 amide bonds. The van der Waals surface area contributed by atoms with Crippen molar-refractivity contribution in [2.75, 3.05) is 0 Å². The maximum absolute atomic E-state index is 6.68. The molecule has 2 heterocycles. The maximum Gasteiger partial charge on any atom is 0.164 e. The molecule has 10 rings (SSSR count). The molecular weight excluding hydrogens is 599 g/mol. The number of hydrogen-bond donors (Lipinski definition) is 0. The van der Waals surface area contributed by atoms with Crippen LogP contribution in [0.4, 0.5) is 0 Å². The second-order valence-corrected chi connectivity index (χ2v) is 13.4. The van der Waals surface area contributed by atoms with Gasteiger partial charge in [-0.25, -0.2) is 15.0 Å². The normalized spacial score (nSPS) is 20.0. The van der Waals surface area contributed by atoms with Gasteiger partial charge in [0.05, 0.1) is 5.41 Å². The van der Waals surface area contributed by atoms with Crippen LogP contribution in [0.5, 0.6) is 11.5 Å². The lowest BCUT2D eigenvalue weighted by molar-refractivity contribution is 0.436. The number of aromatic nitrogens is 3. The zero-order valence-corrected chi connectivity index (χ0v) is 26.9. The molecule has 0 N–H and O–H groups in total. The van der Waals surface area contributed by atoms with E-state index in [-0.39, 0.29) is 11.3 Å². The quantitative estimate of drug-likeness (QED) is 0.195. The molecule has 2 atom stereocenters. The largest absolute Gasteiger partial charge is 0.457 e. The lowest BCUT2D eigenvalue weighted by Gasteiger charge is -2.39. The van der Waals surface area contributed by atoms with Crippen LogP contribution >= 0.6 is 0 Å². The molecule has 0 saturated carbocycles. The van der Waals surface area contributed by atoms with Gasteiger partial charge in [0, 0.05) is 39.2 Å². The summed E-state index contributed by atoms with van der Waals surface area (Å²) in [4.78, 5) is 15.5. The first-order valence-electron chi connectivity index (χ1n) is 16.8. The molecular formula is C45H31N3O. The maximum atomic E-state index is 6.68. The van der Waals surface area contributed by atoms with Gasteiger partial charge in [-0.1, -0.05) is 147 Å². The summed E-state index contributed by atoms with van der Waals surface area (Å²) < 4.78 is 6.68. The highest BCUT2D eigenvalue weighted by Gasteiger charge is 2.51. The van der Waals surface area contributed by atoms with Crippen LogP contribution in [0, 0.1) is 11.3 Å². The molecule has 0 radical (unpaired) electrons. The molecule has 1 unspecified atom stereocenters. The van der Waals surface area contributed by atoms with Gasteiger partial charge in [0.15, 0.2) is 17.5 Å². The molecule has 4 aliphatic rings. The molecule has 1 aromatic heterocycles. The van der Waals surface area contributed by atoms with Gasteiger partial charge < -0.3 is 4.74 Å². The molecule has 5 aromatic carbocycles. The van der Waals surface area contributed by atoms with Crippen molar-refractivity contribution in [3.63, 3.8) is 0 Å². The Hall–Kier alpha value is -6.13. The van der Waals surface area contributed by atoms with Crippen molar-refractivity contribution in [2.45, 2.75) is 12.3 Å². The van der Waals surface area contributed by atoms with E-state index < -0.39 is 5.41 Å². The second-order valence-electron chi connectivity index (χ2n) is 13.4. The number of para-hydroxylation sites is 1. The fourth-order valence-electron chi connectivity index (χ4n) is 8.37.